The number of nitrogens with zero attached hydrogens (tertiary/aromatic N) is 1. The number of fused-ring (bicyclic) bond motifs is 2. The SMILES string of the molecule is Cc1cccc(C2=CC3CCCC(C2)N3C(=O)OC(C)(C)C)c1F. The van der Waals surface area contributed by atoms with E-state index >= 15 is 0 Å². The lowest BCUT2D eigenvalue weighted by atomic mass is 9.82. The Morgan fingerprint density at radius 2 is 2.04 bits per heavy atom. The second-order valence-corrected chi connectivity index (χ2v) is 7.87. The molecular weight excluding hydrogens is 305 g/mol. The zero-order valence-electron chi connectivity index (χ0n) is 14.9. The predicted octanol–water partition coefficient (Wildman–Crippen LogP) is 5.08. The van der Waals surface area contributed by atoms with E-state index in [9.17, 15) is 9.18 Å². The van der Waals surface area contributed by atoms with E-state index in [0.29, 0.717) is 17.5 Å². The molecule has 0 aromatic heterocycles. The van der Waals surface area contributed by atoms with Gasteiger partial charge in [-0.2, -0.15) is 0 Å². The summed E-state index contributed by atoms with van der Waals surface area (Å²) in [4.78, 5) is 14.5. The van der Waals surface area contributed by atoms with Crippen molar-refractivity contribution < 1.29 is 13.9 Å². The molecule has 130 valence electrons. The molecule has 1 amide bonds. The third-order valence-electron chi connectivity index (χ3n) is 4.78. The van der Waals surface area contributed by atoms with Crippen LogP contribution in [0.15, 0.2) is 24.3 Å². The van der Waals surface area contributed by atoms with Crippen LogP contribution in [0.25, 0.3) is 5.57 Å². The van der Waals surface area contributed by atoms with Gasteiger partial charge in [-0.1, -0.05) is 24.3 Å². The Morgan fingerprint density at radius 3 is 2.71 bits per heavy atom. The fourth-order valence-corrected chi connectivity index (χ4v) is 3.72. The lowest BCUT2D eigenvalue weighted by molar-refractivity contribution is 0.0000773. The molecule has 1 aromatic rings. The predicted molar refractivity (Wildman–Crippen MR) is 93.2 cm³/mol. The molecule has 1 aromatic carbocycles. The van der Waals surface area contributed by atoms with Crippen molar-refractivity contribution in [3.05, 3.63) is 41.2 Å². The van der Waals surface area contributed by atoms with Gasteiger partial charge >= 0.3 is 6.09 Å². The lowest BCUT2D eigenvalue weighted by Crippen LogP contribution is -2.53. The van der Waals surface area contributed by atoms with Crippen LogP contribution in [-0.2, 0) is 4.74 Å². The van der Waals surface area contributed by atoms with Gasteiger partial charge in [0.2, 0.25) is 0 Å². The normalized spacial score (nSPS) is 23.7. The molecule has 3 nitrogen and oxygen atoms in total. The van der Waals surface area contributed by atoms with Crippen molar-refractivity contribution in [2.24, 2.45) is 0 Å². The van der Waals surface area contributed by atoms with E-state index in [1.807, 2.05) is 37.8 Å². The highest BCUT2D eigenvalue weighted by molar-refractivity contribution is 5.75. The third kappa shape index (κ3) is 3.33. The Bertz CT molecular complexity index is 675. The smallest absolute Gasteiger partial charge is 0.411 e. The van der Waals surface area contributed by atoms with E-state index in [-0.39, 0.29) is 24.0 Å². The Kier molecular flexibility index (Phi) is 4.41. The van der Waals surface area contributed by atoms with Crippen LogP contribution in [0.5, 0.6) is 0 Å². The van der Waals surface area contributed by atoms with Crippen molar-refractivity contribution in [2.75, 3.05) is 0 Å². The summed E-state index contributed by atoms with van der Waals surface area (Å²) in [6.45, 7) is 7.44. The molecule has 0 aliphatic carbocycles. The Hall–Kier alpha value is -1.84. The average molecular weight is 331 g/mol. The second-order valence-electron chi connectivity index (χ2n) is 7.87. The molecule has 2 atom stereocenters. The van der Waals surface area contributed by atoms with Gasteiger partial charge in [0.25, 0.3) is 0 Å². The molecule has 2 bridgehead atoms. The first-order chi connectivity index (χ1) is 11.3. The highest BCUT2D eigenvalue weighted by Gasteiger charge is 2.39. The van der Waals surface area contributed by atoms with Gasteiger partial charge in [0.05, 0.1) is 6.04 Å². The summed E-state index contributed by atoms with van der Waals surface area (Å²) in [6, 6.07) is 5.62. The van der Waals surface area contributed by atoms with Crippen LogP contribution < -0.4 is 0 Å². The quantitative estimate of drug-likeness (QED) is 0.718. The van der Waals surface area contributed by atoms with E-state index in [1.54, 1.807) is 13.0 Å². The minimum atomic E-state index is -0.502. The molecule has 3 rings (SSSR count). The van der Waals surface area contributed by atoms with Crippen LogP contribution in [0.3, 0.4) is 0 Å². The van der Waals surface area contributed by atoms with Gasteiger partial charge in [0, 0.05) is 11.6 Å². The molecule has 1 fully saturated rings. The van der Waals surface area contributed by atoms with Crippen molar-refractivity contribution in [3.63, 3.8) is 0 Å². The third-order valence-corrected chi connectivity index (χ3v) is 4.78. The van der Waals surface area contributed by atoms with Crippen molar-refractivity contribution in [1.82, 2.24) is 4.90 Å². The molecule has 2 heterocycles. The lowest BCUT2D eigenvalue weighted by Gasteiger charge is -2.45. The topological polar surface area (TPSA) is 29.5 Å². The first-order valence-corrected chi connectivity index (χ1v) is 8.74. The maximum atomic E-state index is 14.5. The van der Waals surface area contributed by atoms with Gasteiger partial charge in [0.1, 0.15) is 11.4 Å². The van der Waals surface area contributed by atoms with Gasteiger partial charge in [-0.25, -0.2) is 9.18 Å². The van der Waals surface area contributed by atoms with Crippen LogP contribution in [0.4, 0.5) is 9.18 Å². The largest absolute Gasteiger partial charge is 0.444 e. The molecule has 0 radical (unpaired) electrons. The zero-order valence-corrected chi connectivity index (χ0v) is 14.9. The number of amides is 1. The summed E-state index contributed by atoms with van der Waals surface area (Å²) in [6.07, 6.45) is 5.45. The Labute approximate surface area is 143 Å². The highest BCUT2D eigenvalue weighted by Crippen LogP contribution is 2.38. The first-order valence-electron chi connectivity index (χ1n) is 8.74. The van der Waals surface area contributed by atoms with Crippen LogP contribution >= 0.6 is 0 Å². The zero-order chi connectivity index (χ0) is 17.5. The second kappa shape index (κ2) is 6.23. The van der Waals surface area contributed by atoms with E-state index in [1.165, 1.54) is 0 Å². The number of piperidine rings is 1. The average Bonchev–Trinajstić information content (AvgIpc) is 2.47. The van der Waals surface area contributed by atoms with E-state index in [2.05, 4.69) is 6.08 Å². The summed E-state index contributed by atoms with van der Waals surface area (Å²) in [5.74, 6) is -0.146. The van der Waals surface area contributed by atoms with Gasteiger partial charge in [-0.3, -0.25) is 4.90 Å². The van der Waals surface area contributed by atoms with Crippen molar-refractivity contribution in [1.29, 1.82) is 0 Å². The monoisotopic (exact) mass is 331 g/mol. The van der Waals surface area contributed by atoms with Gasteiger partial charge in [-0.05, 0) is 64.5 Å². The van der Waals surface area contributed by atoms with Crippen LogP contribution in [0.1, 0.15) is 57.6 Å². The van der Waals surface area contributed by atoms with E-state index in [0.717, 1.165) is 24.8 Å². The van der Waals surface area contributed by atoms with Crippen LogP contribution in [0, 0.1) is 12.7 Å². The minimum Gasteiger partial charge on any atom is -0.444 e. The summed E-state index contributed by atoms with van der Waals surface area (Å²) >= 11 is 0. The number of benzene rings is 1. The Morgan fingerprint density at radius 1 is 1.29 bits per heavy atom. The molecule has 2 aliphatic heterocycles. The number of carbonyl (C=O) groups excluding carboxylic acids is 1. The number of hydrogen-bond acceptors (Lipinski definition) is 2. The van der Waals surface area contributed by atoms with Crippen molar-refractivity contribution >= 4 is 11.7 Å². The standard InChI is InChI=1S/C20H26FNO2/c1-13-7-5-10-17(18(13)21)14-11-15-8-6-9-16(12-14)22(15)19(23)24-20(2,3)4/h5,7,10-11,15-16H,6,8-9,12H2,1-4H3. The van der Waals surface area contributed by atoms with Crippen molar-refractivity contribution in [2.45, 2.75) is 71.1 Å². The number of halogens is 1. The first kappa shape index (κ1) is 17.0. The molecule has 0 N–H and O–H groups in total. The van der Waals surface area contributed by atoms with Gasteiger partial charge < -0.3 is 4.74 Å². The summed E-state index contributed by atoms with van der Waals surface area (Å²) in [5, 5.41) is 0. The number of aryl methyl sites for hydroxylation is 1. The molecular formula is C20H26FNO2. The van der Waals surface area contributed by atoms with E-state index in [4.69, 9.17) is 4.74 Å². The molecule has 0 saturated carbocycles. The van der Waals surface area contributed by atoms with Crippen LogP contribution in [0.2, 0.25) is 0 Å². The van der Waals surface area contributed by atoms with Gasteiger partial charge in [-0.15, -0.1) is 0 Å². The maximum Gasteiger partial charge on any atom is 0.411 e. The molecule has 24 heavy (non-hydrogen) atoms. The molecule has 2 aliphatic rings. The number of hydrogen-bond donors (Lipinski definition) is 0. The van der Waals surface area contributed by atoms with Crippen LogP contribution in [-0.4, -0.2) is 28.7 Å². The summed E-state index contributed by atoms with van der Waals surface area (Å²) in [7, 11) is 0. The highest BCUT2D eigenvalue weighted by atomic mass is 19.1. The molecule has 2 unspecified atom stereocenters. The minimum absolute atomic E-state index is 0.00209. The molecule has 0 spiro atoms. The van der Waals surface area contributed by atoms with Gasteiger partial charge in [0.15, 0.2) is 0 Å². The summed E-state index contributed by atoms with van der Waals surface area (Å²) < 4.78 is 20.1. The fraction of sp³-hybridized carbons (Fsp3) is 0.550. The maximum absolute atomic E-state index is 14.5. The summed E-state index contributed by atoms with van der Waals surface area (Å²) in [5.41, 5.74) is 1.85. The Balaban J connectivity index is 1.90. The number of carbonyl (C=O) groups is 1. The number of ether oxygens (including phenoxy) is 1. The van der Waals surface area contributed by atoms with Crippen molar-refractivity contribution in [3.8, 4) is 0 Å². The molecule has 4 heteroatoms. The number of rotatable bonds is 1. The molecule has 1 saturated heterocycles. The fourth-order valence-electron chi connectivity index (χ4n) is 3.72. The van der Waals surface area contributed by atoms with E-state index < -0.39 is 5.60 Å².